The summed E-state index contributed by atoms with van der Waals surface area (Å²) in [7, 11) is -1.97. The van der Waals surface area contributed by atoms with Gasteiger partial charge in [-0.3, -0.25) is 9.36 Å². The van der Waals surface area contributed by atoms with Gasteiger partial charge < -0.3 is 5.32 Å². The summed E-state index contributed by atoms with van der Waals surface area (Å²) < 4.78 is 26.1. The molecule has 0 aliphatic rings. The van der Waals surface area contributed by atoms with Crippen molar-refractivity contribution in [3.63, 3.8) is 0 Å². The van der Waals surface area contributed by atoms with Gasteiger partial charge in [0, 0.05) is 25.6 Å². The van der Waals surface area contributed by atoms with E-state index in [1.54, 1.807) is 29.3 Å². The van der Waals surface area contributed by atoms with Crippen LogP contribution in [0.4, 0.5) is 11.6 Å². The smallest absolute Gasteiger partial charge is 0.241 e. The van der Waals surface area contributed by atoms with Crippen LogP contribution in [-0.4, -0.2) is 37.9 Å². The van der Waals surface area contributed by atoms with Crippen molar-refractivity contribution >= 4 is 21.7 Å². The average molecular weight is 362 g/mol. The molecule has 3 N–H and O–H groups in total. The van der Waals surface area contributed by atoms with E-state index < -0.39 is 10.0 Å². The zero-order valence-electron chi connectivity index (χ0n) is 13.7. The highest BCUT2D eigenvalue weighted by atomic mass is 32.2. The van der Waals surface area contributed by atoms with E-state index in [0.29, 0.717) is 18.1 Å². The Morgan fingerprint density at radius 3 is 2.68 bits per heavy atom. The molecule has 25 heavy (non-hydrogen) atoms. The van der Waals surface area contributed by atoms with Crippen molar-refractivity contribution in [3.8, 4) is 0 Å². The number of nitrogens with zero attached hydrogens (tertiary/aromatic N) is 6. The molecule has 3 heterocycles. The van der Waals surface area contributed by atoms with E-state index in [2.05, 4.69) is 25.5 Å². The number of nitrogens with one attached hydrogen (secondary N) is 1. The van der Waals surface area contributed by atoms with Crippen LogP contribution in [0.1, 0.15) is 25.1 Å². The number of hydrogen-bond donors (Lipinski definition) is 2. The molecular formula is C14H18N8O2S. The van der Waals surface area contributed by atoms with Crippen LogP contribution in [0.5, 0.6) is 0 Å². The van der Waals surface area contributed by atoms with E-state index in [1.165, 1.54) is 17.1 Å². The average Bonchev–Trinajstić information content (AvgIpc) is 3.18. The van der Waals surface area contributed by atoms with Gasteiger partial charge >= 0.3 is 0 Å². The summed E-state index contributed by atoms with van der Waals surface area (Å²) >= 11 is 0. The molecule has 0 saturated carbocycles. The summed E-state index contributed by atoms with van der Waals surface area (Å²) in [5.41, 5.74) is 1.47. The Hall–Kier alpha value is -2.79. The van der Waals surface area contributed by atoms with Crippen molar-refractivity contribution < 1.29 is 8.42 Å². The van der Waals surface area contributed by atoms with Crippen molar-refractivity contribution in [2.75, 3.05) is 5.32 Å². The van der Waals surface area contributed by atoms with Gasteiger partial charge in [-0.25, -0.2) is 23.5 Å². The van der Waals surface area contributed by atoms with Crippen molar-refractivity contribution in [1.29, 1.82) is 0 Å². The molecule has 0 spiro atoms. The van der Waals surface area contributed by atoms with Gasteiger partial charge in [-0.15, -0.1) is 0 Å². The van der Waals surface area contributed by atoms with Crippen LogP contribution in [0.3, 0.4) is 0 Å². The standard InChI is InChI=1S/C14H18N8O2S/c1-3-13(22-9-11(7-18-22)25(15,23)24)12-4-5-16-14(20-12)19-10-6-17-21(2)8-10/h4-9,13H,3H2,1-2H3,(H2,15,23,24)(H,16,19,20). The topological polar surface area (TPSA) is 134 Å². The SMILES string of the molecule is CCC(c1ccnc(Nc2cnn(C)c2)n1)n1cc(S(N)(=O)=O)cn1. The molecule has 1 unspecified atom stereocenters. The van der Waals surface area contributed by atoms with Crippen molar-refractivity contribution in [3.05, 3.63) is 42.7 Å². The number of rotatable bonds is 6. The van der Waals surface area contributed by atoms with Gasteiger partial charge in [0.2, 0.25) is 16.0 Å². The van der Waals surface area contributed by atoms with Crippen LogP contribution < -0.4 is 10.5 Å². The van der Waals surface area contributed by atoms with Gasteiger partial charge in [0.25, 0.3) is 0 Å². The Morgan fingerprint density at radius 2 is 2.08 bits per heavy atom. The third-order valence-corrected chi connectivity index (χ3v) is 4.46. The molecule has 0 saturated heterocycles. The molecule has 0 radical (unpaired) electrons. The number of sulfonamides is 1. The third-order valence-electron chi connectivity index (χ3n) is 3.59. The highest BCUT2D eigenvalue weighted by Crippen LogP contribution is 2.22. The largest absolute Gasteiger partial charge is 0.321 e. The lowest BCUT2D eigenvalue weighted by Crippen LogP contribution is -2.14. The van der Waals surface area contributed by atoms with Gasteiger partial charge in [0.1, 0.15) is 4.90 Å². The van der Waals surface area contributed by atoms with Gasteiger partial charge in [-0.2, -0.15) is 10.2 Å². The number of nitrogens with two attached hydrogens (primary N) is 1. The van der Waals surface area contributed by atoms with Crippen LogP contribution in [-0.2, 0) is 17.1 Å². The van der Waals surface area contributed by atoms with Crippen LogP contribution >= 0.6 is 0 Å². The minimum absolute atomic E-state index is 0.0336. The first kappa shape index (κ1) is 17.0. The lowest BCUT2D eigenvalue weighted by atomic mass is 10.1. The molecule has 3 aromatic heterocycles. The first-order chi connectivity index (χ1) is 11.9. The summed E-state index contributed by atoms with van der Waals surface area (Å²) in [6.45, 7) is 1.96. The maximum atomic E-state index is 11.4. The maximum Gasteiger partial charge on any atom is 0.241 e. The minimum Gasteiger partial charge on any atom is -0.321 e. The lowest BCUT2D eigenvalue weighted by molar-refractivity contribution is 0.496. The fourth-order valence-corrected chi connectivity index (χ4v) is 2.85. The van der Waals surface area contributed by atoms with Crippen LogP contribution in [0, 0.1) is 0 Å². The van der Waals surface area contributed by atoms with E-state index >= 15 is 0 Å². The summed E-state index contributed by atoms with van der Waals surface area (Å²) in [5.74, 6) is 0.419. The molecular weight excluding hydrogens is 344 g/mol. The van der Waals surface area contributed by atoms with E-state index in [-0.39, 0.29) is 10.9 Å². The number of hydrogen-bond acceptors (Lipinski definition) is 7. The molecule has 0 bridgehead atoms. The third kappa shape index (κ3) is 3.83. The number of primary sulfonamides is 1. The highest BCUT2D eigenvalue weighted by Gasteiger charge is 2.18. The Labute approximate surface area is 144 Å². The molecule has 3 aromatic rings. The molecule has 0 fully saturated rings. The van der Waals surface area contributed by atoms with E-state index in [0.717, 1.165) is 5.69 Å². The Balaban J connectivity index is 1.88. The Morgan fingerprint density at radius 1 is 1.28 bits per heavy atom. The molecule has 0 amide bonds. The summed E-state index contributed by atoms with van der Waals surface area (Å²) in [6.07, 6.45) is 8.40. The van der Waals surface area contributed by atoms with Gasteiger partial charge in [-0.05, 0) is 12.5 Å². The second kappa shape index (κ2) is 6.61. The van der Waals surface area contributed by atoms with Gasteiger partial charge in [0.15, 0.2) is 0 Å². The second-order valence-corrected chi connectivity index (χ2v) is 7.02. The predicted molar refractivity (Wildman–Crippen MR) is 90.6 cm³/mol. The number of aryl methyl sites for hydroxylation is 1. The first-order valence-electron chi connectivity index (χ1n) is 7.52. The molecule has 0 aromatic carbocycles. The zero-order chi connectivity index (χ0) is 18.0. The predicted octanol–water partition coefficient (Wildman–Crippen LogP) is 0.797. The zero-order valence-corrected chi connectivity index (χ0v) is 14.6. The summed E-state index contributed by atoms with van der Waals surface area (Å²) in [5, 5.41) is 16.4. The van der Waals surface area contributed by atoms with Gasteiger partial charge in [-0.1, -0.05) is 6.92 Å². The minimum atomic E-state index is -3.79. The molecule has 10 nitrogen and oxygen atoms in total. The van der Waals surface area contributed by atoms with Crippen molar-refractivity contribution in [1.82, 2.24) is 29.5 Å². The number of aromatic nitrogens is 6. The van der Waals surface area contributed by atoms with Crippen molar-refractivity contribution in [2.24, 2.45) is 12.2 Å². The van der Waals surface area contributed by atoms with Crippen LogP contribution in [0.2, 0.25) is 0 Å². The normalized spacial score (nSPS) is 12.9. The second-order valence-electron chi connectivity index (χ2n) is 5.46. The molecule has 132 valence electrons. The summed E-state index contributed by atoms with van der Waals surface area (Å²) in [6, 6.07) is 1.52. The highest BCUT2D eigenvalue weighted by molar-refractivity contribution is 7.89. The molecule has 0 aliphatic carbocycles. The molecule has 11 heteroatoms. The fourth-order valence-electron chi connectivity index (χ4n) is 2.40. The quantitative estimate of drug-likeness (QED) is 0.662. The van der Waals surface area contributed by atoms with Crippen LogP contribution in [0.25, 0.3) is 0 Å². The Bertz CT molecular complexity index is 978. The van der Waals surface area contributed by atoms with Crippen LogP contribution in [0.15, 0.2) is 41.9 Å². The lowest BCUT2D eigenvalue weighted by Gasteiger charge is -2.15. The van der Waals surface area contributed by atoms with E-state index in [4.69, 9.17) is 5.14 Å². The monoisotopic (exact) mass is 362 g/mol. The first-order valence-corrected chi connectivity index (χ1v) is 9.07. The van der Waals surface area contributed by atoms with Gasteiger partial charge in [0.05, 0.1) is 29.8 Å². The Kier molecular flexibility index (Phi) is 4.51. The summed E-state index contributed by atoms with van der Waals surface area (Å²) in [4.78, 5) is 8.66. The van der Waals surface area contributed by atoms with E-state index in [1.807, 2.05) is 14.0 Å². The molecule has 3 rings (SSSR count). The fraction of sp³-hybridized carbons (Fsp3) is 0.286. The maximum absolute atomic E-state index is 11.4. The van der Waals surface area contributed by atoms with E-state index in [9.17, 15) is 8.42 Å². The number of anilines is 2. The molecule has 0 aliphatic heterocycles. The molecule has 1 atom stereocenters. The van der Waals surface area contributed by atoms with Crippen molar-refractivity contribution in [2.45, 2.75) is 24.3 Å².